The molecule has 0 spiro atoms. The quantitative estimate of drug-likeness (QED) is 0.908. The Morgan fingerprint density at radius 1 is 1.09 bits per heavy atom. The first-order valence-electron chi connectivity index (χ1n) is 7.92. The van der Waals surface area contributed by atoms with E-state index in [1.165, 1.54) is 11.1 Å². The minimum absolute atomic E-state index is 0.0444. The van der Waals surface area contributed by atoms with Crippen LogP contribution < -0.4 is 10.6 Å². The Bertz CT molecular complexity index is 705. The molecule has 1 heterocycles. The lowest BCUT2D eigenvalue weighted by atomic mass is 10.0. The highest BCUT2D eigenvalue weighted by molar-refractivity contribution is 5.75. The number of aromatic nitrogens is 2. The molecule has 0 aliphatic rings. The highest BCUT2D eigenvalue weighted by Crippen LogP contribution is 2.19. The summed E-state index contributed by atoms with van der Waals surface area (Å²) in [5, 5.41) is 10.3. The second kappa shape index (κ2) is 6.86. The molecule has 2 atom stereocenters. The Labute approximate surface area is 138 Å². The van der Waals surface area contributed by atoms with E-state index in [9.17, 15) is 4.79 Å². The number of carbonyl (C=O) groups excluding carboxylic acids is 1. The number of nitrogens with one attached hydrogen (secondary N) is 2. The molecule has 23 heavy (non-hydrogen) atoms. The standard InChI is InChI=1S/C18H26N4O/c1-11-7-8-12(2)16(9-11)13(3)19-18(23)20-14(4)17-10-22(6)21-15(17)5/h7-10,13-14H,1-6H3,(H2,19,20,23). The van der Waals surface area contributed by atoms with Crippen LogP contribution in [-0.4, -0.2) is 15.8 Å². The Hall–Kier alpha value is -2.30. The summed E-state index contributed by atoms with van der Waals surface area (Å²) in [5.74, 6) is 0. The Morgan fingerprint density at radius 3 is 2.26 bits per heavy atom. The van der Waals surface area contributed by atoms with Gasteiger partial charge in [-0.2, -0.15) is 5.10 Å². The molecule has 124 valence electrons. The summed E-state index contributed by atoms with van der Waals surface area (Å²) in [5.41, 5.74) is 5.48. The van der Waals surface area contributed by atoms with Crippen molar-refractivity contribution in [2.75, 3.05) is 0 Å². The summed E-state index contributed by atoms with van der Waals surface area (Å²) in [7, 11) is 1.88. The number of benzene rings is 1. The van der Waals surface area contributed by atoms with Crippen LogP contribution in [0.4, 0.5) is 4.79 Å². The van der Waals surface area contributed by atoms with Gasteiger partial charge in [0, 0.05) is 18.8 Å². The number of carbonyl (C=O) groups is 1. The maximum absolute atomic E-state index is 12.3. The van der Waals surface area contributed by atoms with Crippen LogP contribution in [0.1, 0.15) is 53.9 Å². The van der Waals surface area contributed by atoms with Crippen molar-refractivity contribution in [1.29, 1.82) is 0 Å². The van der Waals surface area contributed by atoms with E-state index in [0.717, 1.165) is 16.8 Å². The van der Waals surface area contributed by atoms with Gasteiger partial charge in [0.15, 0.2) is 0 Å². The largest absolute Gasteiger partial charge is 0.332 e. The van der Waals surface area contributed by atoms with Crippen molar-refractivity contribution in [1.82, 2.24) is 20.4 Å². The number of urea groups is 1. The van der Waals surface area contributed by atoms with Gasteiger partial charge in [-0.25, -0.2) is 4.79 Å². The maximum Gasteiger partial charge on any atom is 0.315 e. The summed E-state index contributed by atoms with van der Waals surface area (Å²) in [6, 6.07) is 5.98. The van der Waals surface area contributed by atoms with E-state index >= 15 is 0 Å². The third-order valence-electron chi connectivity index (χ3n) is 4.11. The molecule has 0 aliphatic heterocycles. The van der Waals surface area contributed by atoms with E-state index in [1.807, 2.05) is 34.0 Å². The lowest BCUT2D eigenvalue weighted by molar-refractivity contribution is 0.235. The summed E-state index contributed by atoms with van der Waals surface area (Å²) < 4.78 is 1.76. The van der Waals surface area contributed by atoms with Crippen molar-refractivity contribution in [2.24, 2.45) is 7.05 Å². The predicted molar refractivity (Wildman–Crippen MR) is 92.4 cm³/mol. The summed E-state index contributed by atoms with van der Waals surface area (Å²) in [6.45, 7) is 10.0. The molecular weight excluding hydrogens is 288 g/mol. The molecule has 5 nitrogen and oxygen atoms in total. The van der Waals surface area contributed by atoms with E-state index in [4.69, 9.17) is 0 Å². The molecule has 2 N–H and O–H groups in total. The van der Waals surface area contributed by atoms with Gasteiger partial charge in [-0.05, 0) is 45.7 Å². The zero-order valence-corrected chi connectivity index (χ0v) is 14.8. The van der Waals surface area contributed by atoms with Crippen molar-refractivity contribution < 1.29 is 4.79 Å². The van der Waals surface area contributed by atoms with Crippen molar-refractivity contribution in [2.45, 2.75) is 46.7 Å². The molecule has 0 saturated heterocycles. The second-order valence-electron chi connectivity index (χ2n) is 6.26. The molecule has 2 rings (SSSR count). The van der Waals surface area contributed by atoms with E-state index in [0.29, 0.717) is 0 Å². The first-order chi connectivity index (χ1) is 10.8. The third-order valence-corrected chi connectivity index (χ3v) is 4.11. The fourth-order valence-corrected chi connectivity index (χ4v) is 2.86. The van der Waals surface area contributed by atoms with Gasteiger partial charge in [-0.3, -0.25) is 4.68 Å². The van der Waals surface area contributed by atoms with Gasteiger partial charge in [-0.1, -0.05) is 23.8 Å². The van der Waals surface area contributed by atoms with Crippen LogP contribution in [-0.2, 0) is 7.05 Å². The Morgan fingerprint density at radius 2 is 1.70 bits per heavy atom. The number of hydrogen-bond donors (Lipinski definition) is 2. The number of nitrogens with zero attached hydrogens (tertiary/aromatic N) is 2. The first-order valence-corrected chi connectivity index (χ1v) is 7.92. The SMILES string of the molecule is Cc1ccc(C)c(C(C)NC(=O)NC(C)c2cn(C)nc2C)c1. The normalized spacial score (nSPS) is 13.5. The molecule has 1 aromatic heterocycles. The minimum atomic E-state index is -0.172. The fraction of sp³-hybridized carbons (Fsp3) is 0.444. The van der Waals surface area contributed by atoms with Gasteiger partial charge in [-0.15, -0.1) is 0 Å². The van der Waals surface area contributed by atoms with E-state index < -0.39 is 0 Å². The van der Waals surface area contributed by atoms with Crippen molar-refractivity contribution in [3.63, 3.8) is 0 Å². The smallest absolute Gasteiger partial charge is 0.315 e. The van der Waals surface area contributed by atoms with Gasteiger partial charge < -0.3 is 10.6 Å². The second-order valence-corrected chi connectivity index (χ2v) is 6.26. The third kappa shape index (κ3) is 4.12. The molecule has 0 aliphatic carbocycles. The molecule has 2 unspecified atom stereocenters. The van der Waals surface area contributed by atoms with Gasteiger partial charge in [0.05, 0.1) is 17.8 Å². The zero-order chi connectivity index (χ0) is 17.1. The number of aryl methyl sites for hydroxylation is 4. The zero-order valence-electron chi connectivity index (χ0n) is 14.8. The maximum atomic E-state index is 12.3. The molecule has 2 aromatic rings. The molecule has 0 bridgehead atoms. The average Bonchev–Trinajstić information content (AvgIpc) is 2.80. The minimum Gasteiger partial charge on any atom is -0.332 e. The first kappa shape index (κ1) is 17.1. The van der Waals surface area contributed by atoms with Crippen LogP contribution in [0.3, 0.4) is 0 Å². The van der Waals surface area contributed by atoms with Crippen molar-refractivity contribution in [3.8, 4) is 0 Å². The predicted octanol–water partition coefficient (Wildman–Crippen LogP) is 3.47. The van der Waals surface area contributed by atoms with E-state index in [2.05, 4.69) is 47.8 Å². The molecule has 0 saturated carbocycles. The summed E-state index contributed by atoms with van der Waals surface area (Å²) in [6.07, 6.45) is 1.94. The van der Waals surface area contributed by atoms with Crippen LogP contribution in [0, 0.1) is 20.8 Å². The lowest BCUT2D eigenvalue weighted by Crippen LogP contribution is -2.38. The molecule has 2 amide bonds. The molecule has 0 fully saturated rings. The van der Waals surface area contributed by atoms with Gasteiger partial charge in [0.25, 0.3) is 0 Å². The average molecular weight is 314 g/mol. The molecule has 5 heteroatoms. The molecular formula is C18H26N4O. The molecule has 0 radical (unpaired) electrons. The van der Waals surface area contributed by atoms with Gasteiger partial charge >= 0.3 is 6.03 Å². The Balaban J connectivity index is 2.01. The molecule has 1 aromatic carbocycles. The van der Waals surface area contributed by atoms with Crippen LogP contribution in [0.15, 0.2) is 24.4 Å². The number of rotatable bonds is 4. The number of amides is 2. The highest BCUT2D eigenvalue weighted by Gasteiger charge is 2.16. The summed E-state index contributed by atoms with van der Waals surface area (Å²) in [4.78, 5) is 12.3. The lowest BCUT2D eigenvalue weighted by Gasteiger charge is -2.20. The van der Waals surface area contributed by atoms with E-state index in [1.54, 1.807) is 4.68 Å². The van der Waals surface area contributed by atoms with Gasteiger partial charge in [0.2, 0.25) is 0 Å². The summed E-state index contributed by atoms with van der Waals surface area (Å²) >= 11 is 0. The van der Waals surface area contributed by atoms with Crippen LogP contribution in [0.5, 0.6) is 0 Å². The van der Waals surface area contributed by atoms with Crippen molar-refractivity contribution in [3.05, 3.63) is 52.3 Å². The van der Waals surface area contributed by atoms with Crippen LogP contribution in [0.25, 0.3) is 0 Å². The topological polar surface area (TPSA) is 59.0 Å². The van der Waals surface area contributed by atoms with Crippen molar-refractivity contribution >= 4 is 6.03 Å². The number of hydrogen-bond acceptors (Lipinski definition) is 2. The fourth-order valence-electron chi connectivity index (χ4n) is 2.86. The van der Waals surface area contributed by atoms with Crippen LogP contribution >= 0.6 is 0 Å². The van der Waals surface area contributed by atoms with Crippen LogP contribution in [0.2, 0.25) is 0 Å². The van der Waals surface area contributed by atoms with E-state index in [-0.39, 0.29) is 18.1 Å². The Kier molecular flexibility index (Phi) is 5.08. The highest BCUT2D eigenvalue weighted by atomic mass is 16.2. The monoisotopic (exact) mass is 314 g/mol. The van der Waals surface area contributed by atoms with Gasteiger partial charge in [0.1, 0.15) is 0 Å².